The smallest absolute Gasteiger partial charge is 0.140 e. The molecule has 2 nitrogen and oxygen atoms in total. The Morgan fingerprint density at radius 1 is 0.727 bits per heavy atom. The lowest BCUT2D eigenvalue weighted by molar-refractivity contribution is 0.215. The Kier molecular flexibility index (Phi) is 6.22. The van der Waals surface area contributed by atoms with Gasteiger partial charge in [0.1, 0.15) is 28.4 Å². The van der Waals surface area contributed by atoms with Gasteiger partial charge < -0.3 is 10.2 Å². The van der Waals surface area contributed by atoms with E-state index in [-0.39, 0.29) is 0 Å². The van der Waals surface area contributed by atoms with Crippen molar-refractivity contribution >= 4 is 16.1 Å². The Labute approximate surface area is 136 Å². The summed E-state index contributed by atoms with van der Waals surface area (Å²) in [5.41, 5.74) is 7.63. The van der Waals surface area contributed by atoms with Crippen LogP contribution in [0.3, 0.4) is 0 Å². The number of rotatable bonds is 2. The zero-order valence-corrected chi connectivity index (χ0v) is 16.4. The Hall–Kier alpha value is -1.31. The monoisotopic (exact) mass is 330 g/mol. The standard InChI is InChI=1S/C18H26O2Si2/c1-21(2,3)13-11-17(19)15-9-7-8-10-16(15)18(20)12-14-22(4,5)6/h7-10,17-20H,1-6H3/t17-,18+. The molecule has 0 spiro atoms. The van der Waals surface area contributed by atoms with Crippen molar-refractivity contribution in [2.75, 3.05) is 0 Å². The van der Waals surface area contributed by atoms with Gasteiger partial charge in [-0.15, -0.1) is 11.1 Å². The summed E-state index contributed by atoms with van der Waals surface area (Å²) in [6.07, 6.45) is -1.77. The van der Waals surface area contributed by atoms with Crippen LogP contribution in [0.15, 0.2) is 24.3 Å². The third kappa shape index (κ3) is 6.64. The number of benzene rings is 1. The molecule has 1 aromatic carbocycles. The average molecular weight is 331 g/mol. The molecular weight excluding hydrogens is 304 g/mol. The summed E-state index contributed by atoms with van der Waals surface area (Å²) in [6.45, 7) is 12.8. The highest BCUT2D eigenvalue weighted by atomic mass is 28.3. The van der Waals surface area contributed by atoms with Crippen molar-refractivity contribution in [2.45, 2.75) is 51.5 Å². The highest BCUT2D eigenvalue weighted by Crippen LogP contribution is 2.23. The third-order valence-corrected chi connectivity index (χ3v) is 4.54. The molecule has 0 aliphatic carbocycles. The van der Waals surface area contributed by atoms with E-state index in [2.05, 4.69) is 62.2 Å². The molecule has 0 fully saturated rings. The second-order valence-corrected chi connectivity index (χ2v) is 17.0. The van der Waals surface area contributed by atoms with E-state index in [9.17, 15) is 10.2 Å². The van der Waals surface area contributed by atoms with Crippen molar-refractivity contribution in [3.05, 3.63) is 35.4 Å². The first kappa shape index (κ1) is 18.7. The number of hydrogen-bond acceptors (Lipinski definition) is 2. The summed E-state index contributed by atoms with van der Waals surface area (Å²) in [6, 6.07) is 7.30. The summed E-state index contributed by atoms with van der Waals surface area (Å²) < 4.78 is 0. The fourth-order valence-corrected chi connectivity index (χ4v) is 2.87. The van der Waals surface area contributed by atoms with E-state index in [1.54, 1.807) is 12.1 Å². The Bertz CT molecular complexity index is 574. The molecule has 0 aliphatic rings. The van der Waals surface area contributed by atoms with E-state index in [0.717, 1.165) is 0 Å². The van der Waals surface area contributed by atoms with Crippen molar-refractivity contribution in [1.29, 1.82) is 0 Å². The van der Waals surface area contributed by atoms with Gasteiger partial charge in [0, 0.05) is 0 Å². The lowest BCUT2D eigenvalue weighted by Gasteiger charge is -2.14. The number of aliphatic hydroxyl groups excluding tert-OH is 2. The topological polar surface area (TPSA) is 40.5 Å². The molecule has 0 radical (unpaired) electrons. The maximum absolute atomic E-state index is 10.3. The van der Waals surface area contributed by atoms with E-state index < -0.39 is 28.4 Å². The zero-order valence-electron chi connectivity index (χ0n) is 14.4. The molecule has 0 amide bonds. The highest BCUT2D eigenvalue weighted by molar-refractivity contribution is 6.84. The minimum atomic E-state index is -1.54. The zero-order chi connectivity index (χ0) is 17.0. The van der Waals surface area contributed by atoms with Gasteiger partial charge in [-0.25, -0.2) is 0 Å². The molecule has 0 aromatic heterocycles. The molecule has 0 saturated heterocycles. The van der Waals surface area contributed by atoms with Crippen LogP contribution in [-0.4, -0.2) is 26.4 Å². The SMILES string of the molecule is C[Si](C)(C)C#C[C@@H](O)c1ccccc1[C@@H](O)C#C[Si](C)(C)C. The van der Waals surface area contributed by atoms with Crippen molar-refractivity contribution in [3.8, 4) is 22.9 Å². The summed E-state index contributed by atoms with van der Waals surface area (Å²) in [7, 11) is -3.09. The van der Waals surface area contributed by atoms with E-state index in [1.165, 1.54) is 0 Å². The molecule has 0 heterocycles. The van der Waals surface area contributed by atoms with Crippen LogP contribution < -0.4 is 0 Å². The molecule has 1 aromatic rings. The molecule has 2 atom stereocenters. The molecule has 0 unspecified atom stereocenters. The summed E-state index contributed by atoms with van der Waals surface area (Å²) in [5.74, 6) is 5.85. The van der Waals surface area contributed by atoms with Gasteiger partial charge in [-0.05, 0) is 11.1 Å². The lowest BCUT2D eigenvalue weighted by atomic mass is 9.99. The molecule has 22 heavy (non-hydrogen) atoms. The van der Waals surface area contributed by atoms with Crippen molar-refractivity contribution < 1.29 is 10.2 Å². The van der Waals surface area contributed by atoms with Crippen LogP contribution in [0, 0.1) is 22.9 Å². The molecule has 2 N–H and O–H groups in total. The lowest BCUT2D eigenvalue weighted by Crippen LogP contribution is -2.17. The summed E-state index contributed by atoms with van der Waals surface area (Å²) in [5, 5.41) is 20.7. The van der Waals surface area contributed by atoms with Crippen LogP contribution in [0.1, 0.15) is 23.3 Å². The second kappa shape index (κ2) is 7.31. The summed E-state index contributed by atoms with van der Waals surface area (Å²) >= 11 is 0. The van der Waals surface area contributed by atoms with Gasteiger partial charge in [-0.2, -0.15) is 0 Å². The minimum absolute atomic E-state index is 0.644. The third-order valence-electron chi connectivity index (χ3n) is 2.75. The normalized spacial score (nSPS) is 14.2. The van der Waals surface area contributed by atoms with Crippen molar-refractivity contribution in [3.63, 3.8) is 0 Å². The van der Waals surface area contributed by atoms with Crippen molar-refractivity contribution in [1.82, 2.24) is 0 Å². The quantitative estimate of drug-likeness (QED) is 0.643. The first-order valence-corrected chi connectivity index (χ1v) is 14.5. The predicted molar refractivity (Wildman–Crippen MR) is 98.6 cm³/mol. The average Bonchev–Trinajstić information content (AvgIpc) is 2.40. The van der Waals surface area contributed by atoms with Crippen LogP contribution in [0.4, 0.5) is 0 Å². The molecule has 118 valence electrons. The number of aliphatic hydroxyl groups is 2. The van der Waals surface area contributed by atoms with E-state index >= 15 is 0 Å². The summed E-state index contributed by atoms with van der Waals surface area (Å²) in [4.78, 5) is 0. The van der Waals surface area contributed by atoms with Gasteiger partial charge in [-0.3, -0.25) is 0 Å². The maximum atomic E-state index is 10.3. The van der Waals surface area contributed by atoms with Crippen LogP contribution in [0.25, 0.3) is 0 Å². The van der Waals surface area contributed by atoms with Crippen LogP contribution in [0.2, 0.25) is 39.3 Å². The maximum Gasteiger partial charge on any atom is 0.140 e. The van der Waals surface area contributed by atoms with E-state index in [4.69, 9.17) is 0 Å². The molecule has 1 rings (SSSR count). The van der Waals surface area contributed by atoms with E-state index in [0.29, 0.717) is 11.1 Å². The number of hydrogen-bond donors (Lipinski definition) is 2. The highest BCUT2D eigenvalue weighted by Gasteiger charge is 2.16. The largest absolute Gasteiger partial charge is 0.376 e. The van der Waals surface area contributed by atoms with Gasteiger partial charge in [0.2, 0.25) is 0 Å². The van der Waals surface area contributed by atoms with Gasteiger partial charge in [-0.1, -0.05) is 75.4 Å². The molecule has 0 aliphatic heterocycles. The Morgan fingerprint density at radius 2 is 1.05 bits per heavy atom. The minimum Gasteiger partial charge on any atom is -0.376 e. The van der Waals surface area contributed by atoms with Crippen LogP contribution in [-0.2, 0) is 0 Å². The van der Waals surface area contributed by atoms with Gasteiger partial charge in [0.25, 0.3) is 0 Å². The fraction of sp³-hybridized carbons (Fsp3) is 0.444. The first-order valence-electron chi connectivity index (χ1n) is 7.50. The Balaban J connectivity index is 3.13. The van der Waals surface area contributed by atoms with Crippen LogP contribution in [0.5, 0.6) is 0 Å². The van der Waals surface area contributed by atoms with Crippen molar-refractivity contribution in [2.24, 2.45) is 0 Å². The fourth-order valence-electron chi connectivity index (χ4n) is 1.73. The second-order valence-electron chi connectivity index (χ2n) is 7.47. The molecule has 0 saturated carbocycles. The van der Waals surface area contributed by atoms with Gasteiger partial charge >= 0.3 is 0 Å². The molecule has 0 bridgehead atoms. The first-order chi connectivity index (χ1) is 9.99. The molecule has 4 heteroatoms. The predicted octanol–water partition coefficient (Wildman–Crippen LogP) is 3.52. The molecular formula is C18H26O2Si2. The van der Waals surface area contributed by atoms with E-state index in [1.807, 2.05) is 12.1 Å². The van der Waals surface area contributed by atoms with Gasteiger partial charge in [0.15, 0.2) is 0 Å². The van der Waals surface area contributed by atoms with Gasteiger partial charge in [0.05, 0.1) is 0 Å². The van der Waals surface area contributed by atoms with Crippen LogP contribution >= 0.6 is 0 Å². The Morgan fingerprint density at radius 3 is 1.32 bits per heavy atom.